The molecule has 0 saturated heterocycles. The Hall–Kier alpha value is -1.59. The number of ether oxygens (including phenoxy) is 3. The largest absolute Gasteiger partial charge is 0.462 e. The van der Waals surface area contributed by atoms with Gasteiger partial charge in [0.2, 0.25) is 0 Å². The number of unbranched alkanes of at least 4 members (excludes halogenated alkanes) is 32. The van der Waals surface area contributed by atoms with Crippen LogP contribution in [0.15, 0.2) is 0 Å². The molecule has 0 rings (SSSR count). The number of esters is 3. The van der Waals surface area contributed by atoms with Crippen molar-refractivity contribution >= 4 is 17.9 Å². The highest BCUT2D eigenvalue weighted by molar-refractivity contribution is 5.71. The lowest BCUT2D eigenvalue weighted by molar-refractivity contribution is -0.167. The summed E-state index contributed by atoms with van der Waals surface area (Å²) in [6.07, 6.45) is 45.2. The van der Waals surface area contributed by atoms with Crippen molar-refractivity contribution in [2.45, 2.75) is 284 Å². The summed E-state index contributed by atoms with van der Waals surface area (Å²) in [4.78, 5) is 37.8. The molecule has 0 saturated carbocycles. The molecule has 332 valence electrons. The van der Waals surface area contributed by atoms with Crippen LogP contribution in [0.3, 0.4) is 0 Å². The van der Waals surface area contributed by atoms with Crippen molar-refractivity contribution in [3.05, 3.63) is 0 Å². The summed E-state index contributed by atoms with van der Waals surface area (Å²) >= 11 is 0. The molecule has 0 spiro atoms. The van der Waals surface area contributed by atoms with Crippen LogP contribution in [-0.4, -0.2) is 37.2 Å². The average Bonchev–Trinajstić information content (AvgIpc) is 3.18. The van der Waals surface area contributed by atoms with Gasteiger partial charge in [-0.05, 0) is 25.2 Å². The Balaban J connectivity index is 4.25. The molecule has 0 aliphatic heterocycles. The Labute approximate surface area is 348 Å². The van der Waals surface area contributed by atoms with Crippen LogP contribution in [0.25, 0.3) is 0 Å². The second-order valence-electron chi connectivity index (χ2n) is 17.6. The van der Waals surface area contributed by atoms with E-state index >= 15 is 0 Å². The number of carbonyl (C=O) groups is 3. The van der Waals surface area contributed by atoms with Crippen molar-refractivity contribution in [2.75, 3.05) is 13.2 Å². The van der Waals surface area contributed by atoms with Crippen LogP contribution in [0.2, 0.25) is 0 Å². The molecule has 6 nitrogen and oxygen atoms in total. The van der Waals surface area contributed by atoms with Crippen LogP contribution in [0, 0.1) is 5.92 Å². The fourth-order valence-electron chi connectivity index (χ4n) is 7.51. The first-order chi connectivity index (χ1) is 27.4. The van der Waals surface area contributed by atoms with Gasteiger partial charge in [0.05, 0.1) is 0 Å². The number of hydrogen-bond acceptors (Lipinski definition) is 6. The molecule has 0 aromatic heterocycles. The number of hydrogen-bond donors (Lipinski definition) is 0. The van der Waals surface area contributed by atoms with E-state index in [1.54, 1.807) is 0 Å². The zero-order chi connectivity index (χ0) is 41.0. The Morgan fingerprint density at radius 2 is 0.589 bits per heavy atom. The lowest BCUT2D eigenvalue weighted by atomic mass is 10.0. The summed E-state index contributed by atoms with van der Waals surface area (Å²) in [5.74, 6) is -0.0546. The Kier molecular flexibility index (Phi) is 43.2. The van der Waals surface area contributed by atoms with Gasteiger partial charge in [-0.2, -0.15) is 0 Å². The van der Waals surface area contributed by atoms with Gasteiger partial charge in [-0.15, -0.1) is 0 Å². The second kappa shape index (κ2) is 44.5. The van der Waals surface area contributed by atoms with E-state index in [0.29, 0.717) is 19.3 Å². The minimum Gasteiger partial charge on any atom is -0.462 e. The third-order valence-electron chi connectivity index (χ3n) is 11.3. The van der Waals surface area contributed by atoms with Gasteiger partial charge < -0.3 is 14.2 Å². The Morgan fingerprint density at radius 3 is 0.875 bits per heavy atom. The van der Waals surface area contributed by atoms with Crippen molar-refractivity contribution in [3.8, 4) is 0 Å². The van der Waals surface area contributed by atoms with Crippen molar-refractivity contribution in [1.82, 2.24) is 0 Å². The highest BCUT2D eigenvalue weighted by atomic mass is 16.6. The quantitative estimate of drug-likeness (QED) is 0.0347. The summed E-state index contributed by atoms with van der Waals surface area (Å²) < 4.78 is 16.7. The molecule has 6 heteroatoms. The Morgan fingerprint density at radius 1 is 0.339 bits per heavy atom. The maximum Gasteiger partial charge on any atom is 0.306 e. The predicted molar refractivity (Wildman–Crippen MR) is 238 cm³/mol. The van der Waals surface area contributed by atoms with Crippen LogP contribution in [0.5, 0.6) is 0 Å². The van der Waals surface area contributed by atoms with Gasteiger partial charge in [-0.3, -0.25) is 14.4 Å². The van der Waals surface area contributed by atoms with E-state index in [0.717, 1.165) is 63.7 Å². The average molecular weight is 793 g/mol. The van der Waals surface area contributed by atoms with E-state index in [2.05, 4.69) is 27.7 Å². The van der Waals surface area contributed by atoms with Gasteiger partial charge in [-0.25, -0.2) is 0 Å². The molecule has 0 unspecified atom stereocenters. The summed E-state index contributed by atoms with van der Waals surface area (Å²) in [5.41, 5.74) is 0. The number of carbonyl (C=O) groups excluding carboxylic acids is 3. The normalized spacial score (nSPS) is 11.9. The van der Waals surface area contributed by atoms with E-state index < -0.39 is 6.10 Å². The molecule has 0 N–H and O–H groups in total. The van der Waals surface area contributed by atoms with Crippen molar-refractivity contribution in [2.24, 2.45) is 5.92 Å². The first-order valence-electron chi connectivity index (χ1n) is 24.9. The van der Waals surface area contributed by atoms with Crippen molar-refractivity contribution in [3.63, 3.8) is 0 Å². The van der Waals surface area contributed by atoms with Crippen molar-refractivity contribution < 1.29 is 28.6 Å². The Bertz CT molecular complexity index is 841. The topological polar surface area (TPSA) is 78.9 Å². The van der Waals surface area contributed by atoms with Crippen LogP contribution in [-0.2, 0) is 28.6 Å². The molecule has 0 aromatic rings. The highest BCUT2D eigenvalue weighted by Gasteiger charge is 2.19. The van der Waals surface area contributed by atoms with Crippen LogP contribution >= 0.6 is 0 Å². The molecule has 56 heavy (non-hydrogen) atoms. The molecule has 0 aromatic carbocycles. The van der Waals surface area contributed by atoms with Crippen LogP contribution in [0.1, 0.15) is 278 Å². The maximum absolute atomic E-state index is 12.7. The monoisotopic (exact) mass is 793 g/mol. The zero-order valence-corrected chi connectivity index (χ0v) is 38.1. The van der Waals surface area contributed by atoms with E-state index in [4.69, 9.17) is 14.2 Å². The number of rotatable bonds is 45. The van der Waals surface area contributed by atoms with Gasteiger partial charge >= 0.3 is 17.9 Å². The zero-order valence-electron chi connectivity index (χ0n) is 38.1. The standard InChI is InChI=1S/C50H96O6/c1-5-7-9-11-13-15-17-18-19-20-21-22-23-25-29-33-37-41-48(51)54-44-47(56-50(53)43-39-35-31-24-16-14-12-10-8-6-2)45-55-49(52)42-38-34-30-27-26-28-32-36-40-46(3)4/h46-47H,5-45H2,1-4H3/t47-/m1/s1. The fraction of sp³-hybridized carbons (Fsp3) is 0.940. The van der Waals surface area contributed by atoms with E-state index in [-0.39, 0.29) is 31.1 Å². The minimum atomic E-state index is -0.759. The first-order valence-corrected chi connectivity index (χ1v) is 24.9. The smallest absolute Gasteiger partial charge is 0.306 e. The summed E-state index contributed by atoms with van der Waals surface area (Å²) in [5, 5.41) is 0. The SMILES string of the molecule is CCCCCCCCCCCCCCCCCCCC(=O)OC[C@H](COC(=O)CCCCCCCCCCC(C)C)OC(=O)CCCCCCCCCCCC. The van der Waals surface area contributed by atoms with Gasteiger partial charge in [-0.1, -0.05) is 240 Å². The van der Waals surface area contributed by atoms with Gasteiger partial charge in [0.25, 0.3) is 0 Å². The van der Waals surface area contributed by atoms with Gasteiger partial charge in [0.1, 0.15) is 13.2 Å². The van der Waals surface area contributed by atoms with Crippen molar-refractivity contribution in [1.29, 1.82) is 0 Å². The molecule has 0 heterocycles. The van der Waals surface area contributed by atoms with E-state index in [9.17, 15) is 14.4 Å². The first kappa shape index (κ1) is 54.4. The molecule has 0 aliphatic rings. The van der Waals surface area contributed by atoms with E-state index in [1.165, 1.54) is 173 Å². The highest BCUT2D eigenvalue weighted by Crippen LogP contribution is 2.17. The second-order valence-corrected chi connectivity index (χ2v) is 17.6. The summed E-state index contributed by atoms with van der Waals surface area (Å²) in [6, 6.07) is 0. The lowest BCUT2D eigenvalue weighted by Crippen LogP contribution is -2.30. The molecule has 0 aliphatic carbocycles. The molecular formula is C50H96O6. The predicted octanol–water partition coefficient (Wildman–Crippen LogP) is 15.9. The molecule has 1 atom stereocenters. The maximum atomic E-state index is 12.7. The van der Waals surface area contributed by atoms with Gasteiger partial charge in [0.15, 0.2) is 6.10 Å². The van der Waals surface area contributed by atoms with Crippen LogP contribution < -0.4 is 0 Å². The lowest BCUT2D eigenvalue weighted by Gasteiger charge is -2.18. The molecule has 0 radical (unpaired) electrons. The molecule has 0 bridgehead atoms. The van der Waals surface area contributed by atoms with E-state index in [1.807, 2.05) is 0 Å². The summed E-state index contributed by atoms with van der Waals surface area (Å²) in [6.45, 7) is 8.97. The fourth-order valence-corrected chi connectivity index (χ4v) is 7.51. The molecular weight excluding hydrogens is 697 g/mol. The third kappa shape index (κ3) is 43.5. The summed E-state index contributed by atoms with van der Waals surface area (Å²) in [7, 11) is 0. The third-order valence-corrected chi connectivity index (χ3v) is 11.3. The molecule has 0 amide bonds. The van der Waals surface area contributed by atoms with Crippen LogP contribution in [0.4, 0.5) is 0 Å². The minimum absolute atomic E-state index is 0.0635. The molecule has 0 fully saturated rings. The van der Waals surface area contributed by atoms with Gasteiger partial charge in [0, 0.05) is 19.3 Å².